The molecule has 0 fully saturated rings. The van der Waals surface area contributed by atoms with E-state index in [0.29, 0.717) is 17.2 Å². The van der Waals surface area contributed by atoms with Crippen molar-refractivity contribution >= 4 is 98.8 Å². The number of nitrogens with one attached hydrogen (secondary N) is 1. The molecule has 0 aliphatic rings. The first-order valence-corrected chi connectivity index (χ1v) is 21.4. The zero-order valence-electron chi connectivity index (χ0n) is 27.8. The highest BCUT2D eigenvalue weighted by molar-refractivity contribution is 7.94. The Morgan fingerprint density at radius 1 is 0.849 bits per heavy atom. The van der Waals surface area contributed by atoms with E-state index in [4.69, 9.17) is 20.8 Å². The number of anilines is 1. The molecule has 284 valence electrons. The fourth-order valence-electron chi connectivity index (χ4n) is 4.69. The number of phenolic OH excluding ortho intramolecular Hbond substituents is 1. The minimum Gasteiger partial charge on any atom is -0.505 e. The first-order chi connectivity index (χ1) is 24.9. The summed E-state index contributed by atoms with van der Waals surface area (Å²) in [7, 11) is -13.4. The molecule has 0 aromatic heterocycles. The predicted octanol–water partition coefficient (Wildman–Crippen LogP) is 7.53. The van der Waals surface area contributed by atoms with Crippen LogP contribution in [0, 0.1) is 6.92 Å². The molecule has 0 saturated heterocycles. The van der Waals surface area contributed by atoms with Gasteiger partial charge in [0.2, 0.25) is 5.91 Å². The van der Waals surface area contributed by atoms with Crippen LogP contribution in [0.5, 0.6) is 11.5 Å². The molecule has 0 unspecified atom stereocenters. The second-order valence-electron chi connectivity index (χ2n) is 11.0. The molecule has 22 heteroatoms. The molecule has 0 saturated carbocycles. The predicted molar refractivity (Wildman–Crippen MR) is 198 cm³/mol. The first kappa shape index (κ1) is 41.5. The van der Waals surface area contributed by atoms with Crippen LogP contribution in [0.2, 0.25) is 0 Å². The number of carbonyl (C=O) groups is 1. The molecule has 0 bridgehead atoms. The summed E-state index contributed by atoms with van der Waals surface area (Å²) in [6, 6.07) is 13.4. The smallest absolute Gasteiger partial charge is 0.297 e. The van der Waals surface area contributed by atoms with Gasteiger partial charge in [0, 0.05) is 40.9 Å². The van der Waals surface area contributed by atoms with Crippen molar-refractivity contribution in [1.82, 2.24) is 0 Å². The van der Waals surface area contributed by atoms with Crippen molar-refractivity contribution in [3.8, 4) is 11.5 Å². The summed E-state index contributed by atoms with van der Waals surface area (Å²) in [4.78, 5) is 16.2. The Bertz CT molecular complexity index is 2390. The fraction of sp³-hybridized carbons (Fsp3) is 0.258. The highest BCUT2D eigenvalue weighted by atomic mass is 35.5. The van der Waals surface area contributed by atoms with Gasteiger partial charge in [-0.3, -0.25) is 13.9 Å². The lowest BCUT2D eigenvalue weighted by molar-refractivity contribution is -0.116. The minimum absolute atomic E-state index is 0.0290. The lowest BCUT2D eigenvalue weighted by atomic mass is 10.0. The van der Waals surface area contributed by atoms with Crippen molar-refractivity contribution in [2.24, 2.45) is 20.5 Å². The molecule has 0 heterocycles. The fourth-order valence-corrected chi connectivity index (χ4v) is 8.13. The van der Waals surface area contributed by atoms with Crippen LogP contribution in [0.15, 0.2) is 90.9 Å². The molecule has 0 atom stereocenters. The maximum Gasteiger partial charge on any atom is 0.297 e. The van der Waals surface area contributed by atoms with Crippen molar-refractivity contribution in [1.29, 1.82) is 0 Å². The van der Waals surface area contributed by atoms with Gasteiger partial charge in [-0.15, -0.1) is 26.2 Å². The molecule has 0 aliphatic heterocycles. The molecule has 0 aliphatic carbocycles. The van der Waals surface area contributed by atoms with E-state index in [2.05, 4.69) is 25.8 Å². The Morgan fingerprint density at radius 2 is 1.53 bits per heavy atom. The van der Waals surface area contributed by atoms with Gasteiger partial charge in [0.15, 0.2) is 21.3 Å². The summed E-state index contributed by atoms with van der Waals surface area (Å²) >= 11 is 6.59. The molecule has 4 aromatic carbocycles. The Kier molecular flexibility index (Phi) is 13.9. The first-order valence-electron chi connectivity index (χ1n) is 15.3. The molecule has 53 heavy (non-hydrogen) atoms. The summed E-state index contributed by atoms with van der Waals surface area (Å²) in [5.74, 6) is -0.926. The highest BCUT2D eigenvalue weighted by Gasteiger charge is 2.25. The molecular weight excluding hydrogens is 798 g/mol. The number of alkyl halides is 1. The number of carbonyl (C=O) groups excluding carboxylic acids is 1. The van der Waals surface area contributed by atoms with E-state index in [1.807, 2.05) is 6.92 Å². The van der Waals surface area contributed by atoms with E-state index in [1.165, 1.54) is 31.2 Å². The van der Waals surface area contributed by atoms with Crippen molar-refractivity contribution in [3.05, 3.63) is 66.2 Å². The molecular formula is C31H32ClN5O12S4. The van der Waals surface area contributed by atoms with Gasteiger partial charge in [-0.1, -0.05) is 6.92 Å². The standard InChI is InChI=1S/C31H32ClN5O12S4/c1-3-50-49-48-22-9-6-20(7-10-22)34-35-21-8-12-25(27(18-21)52(42,43)44)36-37-29-19(2)17-24-23(30(29)39)11-13-26(31(24)53(45,46)47)33-28(38)5-4-15-51(40,41)16-14-32/h6-13,17-18,39H,3-5,14-16H2,1-2H3,(H,33,38)(H,42,43,44)(H,45,46,47). The van der Waals surface area contributed by atoms with E-state index in [0.717, 1.165) is 24.2 Å². The van der Waals surface area contributed by atoms with Gasteiger partial charge in [-0.25, -0.2) is 8.42 Å². The van der Waals surface area contributed by atoms with Gasteiger partial charge in [-0.05, 0) is 79.6 Å². The largest absolute Gasteiger partial charge is 0.505 e. The van der Waals surface area contributed by atoms with Crippen molar-refractivity contribution in [3.63, 3.8) is 0 Å². The number of benzene rings is 4. The number of halogens is 1. The van der Waals surface area contributed by atoms with Gasteiger partial charge in [-0.2, -0.15) is 27.1 Å². The third kappa shape index (κ3) is 11.4. The highest BCUT2D eigenvalue weighted by Crippen LogP contribution is 2.43. The zero-order valence-corrected chi connectivity index (χ0v) is 31.9. The van der Waals surface area contributed by atoms with Crippen LogP contribution in [-0.4, -0.2) is 68.5 Å². The third-order valence-corrected chi connectivity index (χ3v) is 11.5. The number of nitrogens with zero attached hydrogens (tertiary/aromatic N) is 4. The third-order valence-electron chi connectivity index (χ3n) is 7.08. The topological polar surface area (TPSA) is 260 Å². The summed E-state index contributed by atoms with van der Waals surface area (Å²) < 4.78 is 98.3. The maximum absolute atomic E-state index is 12.6. The number of hydrogen-bond acceptors (Lipinski definition) is 15. The number of hydrogen-bond donors (Lipinski definition) is 4. The van der Waals surface area contributed by atoms with Crippen LogP contribution in [0.1, 0.15) is 25.3 Å². The van der Waals surface area contributed by atoms with Crippen LogP contribution in [0.25, 0.3) is 10.8 Å². The zero-order chi connectivity index (χ0) is 39.0. The number of aryl methyl sites for hydroxylation is 1. The normalized spacial score (nSPS) is 12.5. The molecule has 1 amide bonds. The van der Waals surface area contributed by atoms with Crippen LogP contribution < -0.4 is 10.2 Å². The lowest BCUT2D eigenvalue weighted by Gasteiger charge is -2.15. The number of phenols is 1. The Hall–Kier alpha value is -4.22. The Balaban J connectivity index is 1.62. The van der Waals surface area contributed by atoms with Gasteiger partial charge in [0.25, 0.3) is 20.2 Å². The van der Waals surface area contributed by atoms with E-state index >= 15 is 0 Å². The lowest BCUT2D eigenvalue weighted by Crippen LogP contribution is -2.17. The molecule has 0 spiro atoms. The number of azo groups is 2. The second-order valence-corrected chi connectivity index (χ2v) is 17.4. The number of amides is 1. The number of aromatic hydroxyl groups is 1. The Labute approximate surface area is 314 Å². The molecule has 0 radical (unpaired) electrons. The van der Waals surface area contributed by atoms with Gasteiger partial charge in [0.05, 0.1) is 28.6 Å². The van der Waals surface area contributed by atoms with Crippen LogP contribution in [0.3, 0.4) is 0 Å². The molecule has 4 N–H and O–H groups in total. The summed E-state index contributed by atoms with van der Waals surface area (Å²) in [6.45, 7) is 3.30. The summed E-state index contributed by atoms with van der Waals surface area (Å²) in [5, 5.41) is 29.1. The van der Waals surface area contributed by atoms with Crippen molar-refractivity contribution in [2.45, 2.75) is 36.5 Å². The quantitative estimate of drug-likeness (QED) is 0.0153. The maximum atomic E-state index is 12.6. The minimum atomic E-state index is -5.03. The van der Waals surface area contributed by atoms with Crippen molar-refractivity contribution in [2.75, 3.05) is 28.5 Å². The van der Waals surface area contributed by atoms with Gasteiger partial charge >= 0.3 is 0 Å². The number of sulfone groups is 1. The van der Waals surface area contributed by atoms with E-state index in [-0.39, 0.29) is 69.3 Å². The van der Waals surface area contributed by atoms with Crippen LogP contribution >= 0.6 is 23.6 Å². The van der Waals surface area contributed by atoms with Crippen LogP contribution in [-0.2, 0) is 39.2 Å². The summed E-state index contributed by atoms with van der Waals surface area (Å²) in [6.07, 6.45) is -0.359. The average Bonchev–Trinajstić information content (AvgIpc) is 3.07. The number of rotatable bonds is 17. The van der Waals surface area contributed by atoms with Gasteiger partial charge < -0.3 is 15.3 Å². The van der Waals surface area contributed by atoms with Crippen molar-refractivity contribution < 1.29 is 53.5 Å². The van der Waals surface area contributed by atoms with E-state index in [9.17, 15) is 44.3 Å². The van der Waals surface area contributed by atoms with E-state index < -0.39 is 51.5 Å². The van der Waals surface area contributed by atoms with E-state index in [1.54, 1.807) is 24.3 Å². The Morgan fingerprint density at radius 3 is 2.17 bits per heavy atom. The van der Waals surface area contributed by atoms with Crippen LogP contribution in [0.4, 0.5) is 28.4 Å². The molecule has 17 nitrogen and oxygen atoms in total. The molecule has 4 aromatic rings. The summed E-state index contributed by atoms with van der Waals surface area (Å²) in [5.41, 5.74) is -0.366. The number of fused-ring (bicyclic) bond motifs is 1. The monoisotopic (exact) mass is 829 g/mol. The average molecular weight is 830 g/mol. The SMILES string of the molecule is CCSOOc1ccc(N=Nc2ccc(N=Nc3c(C)cc4c(S(=O)(=O)O)c(NC(=O)CCCS(=O)(=O)CCCl)ccc4c3O)c(S(=O)(=O)O)c2)cc1. The second kappa shape index (κ2) is 17.7. The molecule has 4 rings (SSSR count). The van der Waals surface area contributed by atoms with Gasteiger partial charge in [0.1, 0.15) is 21.2 Å².